The zero-order valence-corrected chi connectivity index (χ0v) is 30.6. The van der Waals surface area contributed by atoms with Crippen molar-refractivity contribution in [3.8, 4) is 0 Å². The second-order valence-corrected chi connectivity index (χ2v) is 15.6. The highest BCUT2D eigenvalue weighted by Crippen LogP contribution is 2.34. The van der Waals surface area contributed by atoms with Crippen LogP contribution in [0.4, 0.5) is 8.78 Å². The van der Waals surface area contributed by atoms with Crippen LogP contribution in [0.3, 0.4) is 0 Å². The number of alkyl halides is 2. The van der Waals surface area contributed by atoms with E-state index in [0.29, 0.717) is 82.7 Å². The van der Waals surface area contributed by atoms with Crippen molar-refractivity contribution in [1.29, 1.82) is 0 Å². The normalized spacial score (nSPS) is 22.8. The summed E-state index contributed by atoms with van der Waals surface area (Å²) in [6.45, 7) is 4.58. The summed E-state index contributed by atoms with van der Waals surface area (Å²) in [5.41, 5.74) is -0.00826. The molecule has 3 aliphatic heterocycles. The molecule has 0 amide bonds. The molecule has 3 fully saturated rings. The third-order valence-corrected chi connectivity index (χ3v) is 11.7. The molecule has 6 atom stereocenters. The Morgan fingerprint density at radius 1 is 0.630 bits per heavy atom. The SMILES string of the molecule is O=C(O)C(Cc1cccc(CN(Cc2cccc(CC(F)(C(=O)O)C3CCNC3)c2)Cc2cccc(CC(F)(C(=O)O)C3CCNC3)c2)c1)C1CCNC1. The number of hydrogen-bond donors (Lipinski definition) is 6. The lowest BCUT2D eigenvalue weighted by molar-refractivity contribution is -0.155. The molecule has 3 heterocycles. The first-order valence-electron chi connectivity index (χ1n) is 19.1. The highest BCUT2D eigenvalue weighted by molar-refractivity contribution is 5.79. The van der Waals surface area contributed by atoms with E-state index >= 15 is 8.78 Å². The summed E-state index contributed by atoms with van der Waals surface area (Å²) >= 11 is 0. The predicted molar refractivity (Wildman–Crippen MR) is 200 cm³/mol. The molecule has 3 aromatic carbocycles. The summed E-state index contributed by atoms with van der Waals surface area (Å²) in [7, 11) is 0. The van der Waals surface area contributed by atoms with Crippen molar-refractivity contribution < 1.29 is 38.5 Å². The maximum Gasteiger partial charge on any atom is 0.342 e. The molecular weight excluding hydrogens is 694 g/mol. The van der Waals surface area contributed by atoms with E-state index < -0.39 is 47.0 Å². The lowest BCUT2D eigenvalue weighted by Gasteiger charge is -2.28. The molecule has 0 aliphatic carbocycles. The fourth-order valence-electron chi connectivity index (χ4n) is 8.68. The van der Waals surface area contributed by atoms with E-state index in [2.05, 4.69) is 20.9 Å². The zero-order chi connectivity index (χ0) is 38.3. The lowest BCUT2D eigenvalue weighted by atomic mass is 9.83. The number of hydrogen-bond acceptors (Lipinski definition) is 7. The van der Waals surface area contributed by atoms with Gasteiger partial charge in [0.25, 0.3) is 0 Å². The Morgan fingerprint density at radius 2 is 1.04 bits per heavy atom. The van der Waals surface area contributed by atoms with E-state index in [4.69, 9.17) is 0 Å². The average molecular weight is 747 g/mol. The van der Waals surface area contributed by atoms with Crippen LogP contribution in [-0.2, 0) is 53.3 Å². The molecule has 0 aromatic heterocycles. The van der Waals surface area contributed by atoms with Crippen LogP contribution in [0.1, 0.15) is 52.6 Å². The summed E-state index contributed by atoms with van der Waals surface area (Å²) in [5, 5.41) is 39.4. The summed E-state index contributed by atoms with van der Waals surface area (Å²) in [6, 6.07) is 22.6. The lowest BCUT2D eigenvalue weighted by Crippen LogP contribution is -2.44. The van der Waals surface area contributed by atoms with Crippen LogP contribution in [0.5, 0.6) is 0 Å². The van der Waals surface area contributed by atoms with Gasteiger partial charge in [-0.15, -0.1) is 0 Å². The van der Waals surface area contributed by atoms with Gasteiger partial charge >= 0.3 is 17.9 Å². The Bertz CT molecular complexity index is 1690. The number of carboxylic acids is 3. The quantitative estimate of drug-likeness (QED) is 0.109. The van der Waals surface area contributed by atoms with Crippen LogP contribution >= 0.6 is 0 Å². The molecule has 6 N–H and O–H groups in total. The minimum Gasteiger partial charge on any atom is -0.481 e. The molecule has 290 valence electrons. The van der Waals surface area contributed by atoms with Crippen molar-refractivity contribution >= 4 is 17.9 Å². The van der Waals surface area contributed by atoms with Crippen LogP contribution < -0.4 is 16.0 Å². The van der Waals surface area contributed by atoms with Gasteiger partial charge in [-0.05, 0) is 91.2 Å². The Labute approximate surface area is 315 Å². The predicted octanol–water partition coefficient (Wildman–Crippen LogP) is 4.63. The smallest absolute Gasteiger partial charge is 0.342 e. The van der Waals surface area contributed by atoms with Gasteiger partial charge in [0.2, 0.25) is 11.3 Å². The Morgan fingerprint density at radius 3 is 1.43 bits per heavy atom. The largest absolute Gasteiger partial charge is 0.481 e. The Kier molecular flexibility index (Phi) is 12.8. The highest BCUT2D eigenvalue weighted by atomic mass is 19.1. The number of nitrogens with zero attached hydrogens (tertiary/aromatic N) is 1. The molecule has 6 unspecified atom stereocenters. The topological polar surface area (TPSA) is 151 Å². The van der Waals surface area contributed by atoms with Gasteiger partial charge in [-0.25, -0.2) is 18.4 Å². The van der Waals surface area contributed by atoms with Crippen molar-refractivity contribution in [2.24, 2.45) is 23.7 Å². The first kappa shape index (κ1) is 39.5. The second-order valence-electron chi connectivity index (χ2n) is 15.6. The molecule has 0 radical (unpaired) electrons. The number of halogens is 2. The van der Waals surface area contributed by atoms with Gasteiger partial charge in [0, 0.05) is 57.4 Å². The average Bonchev–Trinajstić information content (AvgIpc) is 3.96. The van der Waals surface area contributed by atoms with Gasteiger partial charge in [-0.2, -0.15) is 0 Å². The molecule has 3 aliphatic rings. The fraction of sp³-hybridized carbons (Fsp3) is 0.500. The zero-order valence-electron chi connectivity index (χ0n) is 30.6. The first-order chi connectivity index (χ1) is 25.9. The molecule has 0 spiro atoms. The number of benzene rings is 3. The molecule has 3 aromatic rings. The molecule has 3 saturated heterocycles. The van der Waals surface area contributed by atoms with Gasteiger partial charge in [0.1, 0.15) is 0 Å². The van der Waals surface area contributed by atoms with E-state index in [9.17, 15) is 29.7 Å². The molecule has 6 rings (SSSR count). The van der Waals surface area contributed by atoms with Crippen molar-refractivity contribution in [2.75, 3.05) is 39.3 Å². The Hall–Kier alpha value is -4.23. The molecule has 12 heteroatoms. The maximum absolute atomic E-state index is 16.1. The van der Waals surface area contributed by atoms with Gasteiger partial charge < -0.3 is 31.3 Å². The minimum absolute atomic E-state index is 0.0606. The molecule has 10 nitrogen and oxygen atoms in total. The summed E-state index contributed by atoms with van der Waals surface area (Å²) in [6.07, 6.45) is 1.64. The summed E-state index contributed by atoms with van der Waals surface area (Å²) in [4.78, 5) is 38.8. The van der Waals surface area contributed by atoms with E-state index in [1.54, 1.807) is 12.1 Å². The third-order valence-electron chi connectivity index (χ3n) is 11.7. The van der Waals surface area contributed by atoms with Gasteiger partial charge in [0.05, 0.1) is 5.92 Å². The second kappa shape index (κ2) is 17.5. The fourth-order valence-corrected chi connectivity index (χ4v) is 8.68. The maximum atomic E-state index is 16.1. The standard InChI is InChI=1S/C42H52F2N4O6/c43-41(39(51)52,35-11-14-46-23-35)20-29-5-2-8-32(17-29)26-48(25-31-7-1-4-28(16-31)19-37(38(49)50)34-10-13-45-22-34)27-33-9-3-6-30(18-33)21-42(44,40(53)54)36-12-15-47-24-36/h1-9,16-18,34-37,45-47H,10-15,19-27H2,(H,49,50)(H,51,52)(H,53,54). The monoisotopic (exact) mass is 746 g/mol. The van der Waals surface area contributed by atoms with Crippen molar-refractivity contribution in [1.82, 2.24) is 20.9 Å². The Balaban J connectivity index is 1.25. The van der Waals surface area contributed by atoms with Gasteiger partial charge in [0.15, 0.2) is 0 Å². The summed E-state index contributed by atoms with van der Waals surface area (Å²) in [5.74, 6) is -5.42. The van der Waals surface area contributed by atoms with Crippen LogP contribution in [0, 0.1) is 23.7 Å². The number of carboxylic acid groups (broad SMARTS) is 3. The molecule has 0 saturated carbocycles. The molecule has 54 heavy (non-hydrogen) atoms. The summed E-state index contributed by atoms with van der Waals surface area (Å²) < 4.78 is 32.2. The van der Waals surface area contributed by atoms with E-state index in [-0.39, 0.29) is 18.8 Å². The van der Waals surface area contributed by atoms with Crippen LogP contribution in [-0.4, -0.2) is 88.7 Å². The minimum atomic E-state index is -2.40. The van der Waals surface area contributed by atoms with E-state index in [1.165, 1.54) is 0 Å². The molecule has 0 bridgehead atoms. The first-order valence-corrected chi connectivity index (χ1v) is 19.1. The number of nitrogens with one attached hydrogen (secondary N) is 3. The number of carbonyl (C=O) groups is 3. The van der Waals surface area contributed by atoms with Crippen molar-refractivity contribution in [3.63, 3.8) is 0 Å². The number of aliphatic carboxylic acids is 3. The van der Waals surface area contributed by atoms with Crippen molar-refractivity contribution in [2.45, 2.75) is 69.5 Å². The number of rotatable bonds is 18. The third kappa shape index (κ3) is 9.52. The van der Waals surface area contributed by atoms with Crippen molar-refractivity contribution in [3.05, 3.63) is 106 Å². The van der Waals surface area contributed by atoms with E-state index in [0.717, 1.165) is 35.2 Å². The highest BCUT2D eigenvalue weighted by Gasteiger charge is 2.48. The van der Waals surface area contributed by atoms with Gasteiger partial charge in [-0.1, -0.05) is 72.8 Å². The van der Waals surface area contributed by atoms with E-state index in [1.807, 2.05) is 60.7 Å². The van der Waals surface area contributed by atoms with Gasteiger partial charge in [-0.3, -0.25) is 9.69 Å². The van der Waals surface area contributed by atoms with Crippen LogP contribution in [0.25, 0.3) is 0 Å². The van der Waals surface area contributed by atoms with Crippen LogP contribution in [0.15, 0.2) is 72.8 Å². The van der Waals surface area contributed by atoms with Crippen LogP contribution in [0.2, 0.25) is 0 Å². The molecular formula is C42H52F2N4O6.